The molecule has 4 rings (SSSR count). The average Bonchev–Trinajstić information content (AvgIpc) is 3.10. The zero-order valence-electron chi connectivity index (χ0n) is 15.4. The number of aryl methyl sites for hydroxylation is 1. The van der Waals surface area contributed by atoms with E-state index in [0.29, 0.717) is 11.1 Å². The van der Waals surface area contributed by atoms with E-state index >= 15 is 0 Å². The van der Waals surface area contributed by atoms with Gasteiger partial charge in [0.2, 0.25) is 5.91 Å². The first-order valence-electron chi connectivity index (χ1n) is 8.88. The highest BCUT2D eigenvalue weighted by atomic mass is 32.1. The Hall–Kier alpha value is -3.06. The van der Waals surface area contributed by atoms with E-state index in [4.69, 9.17) is 0 Å². The van der Waals surface area contributed by atoms with Gasteiger partial charge < -0.3 is 5.32 Å². The maximum absolute atomic E-state index is 13.1. The molecule has 0 radical (unpaired) electrons. The predicted molar refractivity (Wildman–Crippen MR) is 109 cm³/mol. The zero-order valence-corrected chi connectivity index (χ0v) is 16.2. The summed E-state index contributed by atoms with van der Waals surface area (Å²) in [4.78, 5) is 25.7. The molecule has 1 atom stereocenters. The fraction of sp³-hybridized carbons (Fsp3) is 0.190. The third kappa shape index (κ3) is 3.18. The third-order valence-electron chi connectivity index (χ3n) is 4.73. The molecule has 0 bridgehead atoms. The number of carbonyl (C=O) groups excluding carboxylic acids is 1. The van der Waals surface area contributed by atoms with Crippen molar-refractivity contribution in [3.05, 3.63) is 76.0 Å². The van der Waals surface area contributed by atoms with Crippen molar-refractivity contribution in [2.75, 3.05) is 0 Å². The Morgan fingerprint density at radius 2 is 1.93 bits per heavy atom. The molecule has 0 aliphatic rings. The molecule has 1 N–H and O–H groups in total. The second-order valence-corrected chi connectivity index (χ2v) is 7.71. The number of carbonyl (C=O) groups is 1. The first-order valence-corrected chi connectivity index (χ1v) is 9.70. The highest BCUT2D eigenvalue weighted by Gasteiger charge is 2.21. The molecule has 142 valence electrons. The summed E-state index contributed by atoms with van der Waals surface area (Å²) in [6, 6.07) is 12.9. The molecule has 4 aromatic rings. The van der Waals surface area contributed by atoms with Gasteiger partial charge in [0.25, 0.3) is 5.56 Å². The van der Waals surface area contributed by atoms with E-state index in [9.17, 15) is 14.0 Å². The number of amides is 1. The van der Waals surface area contributed by atoms with Crippen LogP contribution in [0.1, 0.15) is 24.2 Å². The van der Waals surface area contributed by atoms with Gasteiger partial charge in [-0.05, 0) is 37.6 Å². The van der Waals surface area contributed by atoms with Crippen LogP contribution in [0, 0.1) is 12.7 Å². The normalized spacial score (nSPS) is 12.4. The van der Waals surface area contributed by atoms with Crippen molar-refractivity contribution in [1.82, 2.24) is 15.1 Å². The van der Waals surface area contributed by atoms with Gasteiger partial charge in [0.1, 0.15) is 11.9 Å². The lowest BCUT2D eigenvalue weighted by Gasteiger charge is -2.15. The number of fused-ring (bicyclic) bond motifs is 3. The van der Waals surface area contributed by atoms with Gasteiger partial charge in [0, 0.05) is 16.6 Å². The summed E-state index contributed by atoms with van der Waals surface area (Å²) < 4.78 is 16.1. The summed E-state index contributed by atoms with van der Waals surface area (Å²) in [5, 5.41) is 8.66. The summed E-state index contributed by atoms with van der Waals surface area (Å²) in [5.74, 6) is -0.650. The number of nitrogens with one attached hydrogen (secondary N) is 1. The molecule has 0 saturated carbocycles. The largest absolute Gasteiger partial charge is 0.350 e. The monoisotopic (exact) mass is 395 g/mol. The van der Waals surface area contributed by atoms with E-state index in [1.54, 1.807) is 19.1 Å². The second-order valence-electron chi connectivity index (χ2n) is 6.66. The minimum atomic E-state index is -0.769. The molecule has 0 unspecified atom stereocenters. The van der Waals surface area contributed by atoms with Crippen molar-refractivity contribution >= 4 is 37.4 Å². The van der Waals surface area contributed by atoms with Gasteiger partial charge in [0.15, 0.2) is 0 Å². The molecule has 28 heavy (non-hydrogen) atoms. The van der Waals surface area contributed by atoms with Crippen molar-refractivity contribution in [2.45, 2.75) is 26.4 Å². The molecule has 2 aromatic heterocycles. The first-order chi connectivity index (χ1) is 13.5. The third-order valence-corrected chi connectivity index (χ3v) is 6.01. The van der Waals surface area contributed by atoms with Crippen molar-refractivity contribution in [2.24, 2.45) is 0 Å². The Morgan fingerprint density at radius 1 is 1.21 bits per heavy atom. The maximum Gasteiger partial charge on any atom is 0.276 e. The van der Waals surface area contributed by atoms with Crippen LogP contribution in [0.3, 0.4) is 0 Å². The number of hydrogen-bond donors (Lipinski definition) is 1. The molecule has 1 amide bonds. The number of rotatable bonds is 4. The van der Waals surface area contributed by atoms with Gasteiger partial charge in [-0.25, -0.2) is 9.07 Å². The number of hydrogen-bond acceptors (Lipinski definition) is 4. The summed E-state index contributed by atoms with van der Waals surface area (Å²) in [6.45, 7) is 3.74. The average molecular weight is 395 g/mol. The molecule has 2 heterocycles. The van der Waals surface area contributed by atoms with Crippen LogP contribution in [-0.4, -0.2) is 15.7 Å². The lowest BCUT2D eigenvalue weighted by atomic mass is 10.2. The van der Waals surface area contributed by atoms with Gasteiger partial charge in [-0.15, -0.1) is 11.3 Å². The SMILES string of the molecule is Cc1nn([C@@H](C)C(=O)NCc2ccc(F)cc2)c(=O)c2c1sc1ccccc12. The van der Waals surface area contributed by atoms with E-state index in [-0.39, 0.29) is 23.8 Å². The summed E-state index contributed by atoms with van der Waals surface area (Å²) in [6.07, 6.45) is 0. The van der Waals surface area contributed by atoms with E-state index in [1.807, 2.05) is 31.2 Å². The number of benzene rings is 2. The molecule has 0 aliphatic carbocycles. The van der Waals surface area contributed by atoms with Crippen LogP contribution in [0.2, 0.25) is 0 Å². The van der Waals surface area contributed by atoms with Crippen LogP contribution >= 0.6 is 11.3 Å². The Labute approximate surface area is 164 Å². The van der Waals surface area contributed by atoms with E-state index in [1.165, 1.54) is 28.2 Å². The van der Waals surface area contributed by atoms with Gasteiger partial charge >= 0.3 is 0 Å². The van der Waals surface area contributed by atoms with Gasteiger partial charge in [-0.1, -0.05) is 30.3 Å². The molecule has 5 nitrogen and oxygen atoms in total. The van der Waals surface area contributed by atoms with E-state index in [2.05, 4.69) is 10.4 Å². The molecule has 0 fully saturated rings. The fourth-order valence-corrected chi connectivity index (χ4v) is 4.33. The summed E-state index contributed by atoms with van der Waals surface area (Å²) >= 11 is 1.53. The quantitative estimate of drug-likeness (QED) is 0.569. The minimum Gasteiger partial charge on any atom is -0.350 e. The Bertz CT molecular complexity index is 1240. The lowest BCUT2D eigenvalue weighted by Crippen LogP contribution is -2.37. The fourth-order valence-electron chi connectivity index (χ4n) is 3.19. The van der Waals surface area contributed by atoms with Crippen LogP contribution in [0.15, 0.2) is 53.3 Å². The minimum absolute atomic E-state index is 0.251. The van der Waals surface area contributed by atoms with Crippen molar-refractivity contribution in [1.29, 1.82) is 0 Å². The predicted octanol–water partition coefficient (Wildman–Crippen LogP) is 3.94. The summed E-state index contributed by atoms with van der Waals surface area (Å²) in [5.41, 5.74) is 1.22. The highest BCUT2D eigenvalue weighted by molar-refractivity contribution is 7.26. The molecular formula is C21H18FN3O2S. The highest BCUT2D eigenvalue weighted by Crippen LogP contribution is 2.32. The first kappa shape index (κ1) is 18.3. The Kier molecular flexibility index (Phi) is 4.68. The van der Waals surface area contributed by atoms with Crippen molar-refractivity contribution in [3.63, 3.8) is 0 Å². The topological polar surface area (TPSA) is 64.0 Å². The zero-order chi connectivity index (χ0) is 19.8. The molecule has 0 spiro atoms. The van der Waals surface area contributed by atoms with Crippen LogP contribution in [-0.2, 0) is 11.3 Å². The molecule has 7 heteroatoms. The second kappa shape index (κ2) is 7.16. The molecule has 0 aliphatic heterocycles. The van der Waals surface area contributed by atoms with Crippen molar-refractivity contribution in [3.8, 4) is 0 Å². The standard InChI is InChI=1S/C21H18FN3O2S/c1-12-19-18(16-5-3-4-6-17(16)28-19)21(27)25(24-12)13(2)20(26)23-11-14-7-9-15(22)10-8-14/h3-10,13H,11H2,1-2H3,(H,23,26)/t13-/m0/s1. The maximum atomic E-state index is 13.1. The molecule has 2 aromatic carbocycles. The van der Waals surface area contributed by atoms with E-state index in [0.717, 1.165) is 20.3 Å². The van der Waals surface area contributed by atoms with Gasteiger partial charge in [-0.3, -0.25) is 9.59 Å². The van der Waals surface area contributed by atoms with Crippen LogP contribution in [0.4, 0.5) is 4.39 Å². The lowest BCUT2D eigenvalue weighted by molar-refractivity contribution is -0.124. The molecule has 0 saturated heterocycles. The van der Waals surface area contributed by atoms with Crippen LogP contribution < -0.4 is 10.9 Å². The Balaban J connectivity index is 1.66. The number of aromatic nitrogens is 2. The van der Waals surface area contributed by atoms with Gasteiger partial charge in [0.05, 0.1) is 15.8 Å². The number of halogens is 1. The summed E-state index contributed by atoms with van der Waals surface area (Å²) in [7, 11) is 0. The number of nitrogens with zero attached hydrogens (tertiary/aromatic N) is 2. The van der Waals surface area contributed by atoms with Crippen molar-refractivity contribution < 1.29 is 9.18 Å². The number of thiophene rings is 1. The van der Waals surface area contributed by atoms with Gasteiger partial charge in [-0.2, -0.15) is 5.10 Å². The van der Waals surface area contributed by atoms with Crippen LogP contribution in [0.25, 0.3) is 20.2 Å². The smallest absolute Gasteiger partial charge is 0.276 e. The van der Waals surface area contributed by atoms with Crippen LogP contribution in [0.5, 0.6) is 0 Å². The van der Waals surface area contributed by atoms with E-state index < -0.39 is 6.04 Å². The Morgan fingerprint density at radius 3 is 2.68 bits per heavy atom. The molecular weight excluding hydrogens is 377 g/mol.